The Bertz CT molecular complexity index is 1380. The summed E-state index contributed by atoms with van der Waals surface area (Å²) in [4.78, 5) is 19.0. The lowest BCUT2D eigenvalue weighted by Gasteiger charge is -2.44. The summed E-state index contributed by atoms with van der Waals surface area (Å²) in [7, 11) is 0. The summed E-state index contributed by atoms with van der Waals surface area (Å²) in [6.07, 6.45) is 6.64. The maximum Gasteiger partial charge on any atom is 0.216 e. The largest absolute Gasteiger partial charge is 0.355 e. The van der Waals surface area contributed by atoms with Crippen LogP contribution < -0.4 is 5.32 Å². The zero-order valence-electron chi connectivity index (χ0n) is 23.7. The topological polar surface area (TPSA) is 45.2 Å². The molecule has 212 valence electrons. The Morgan fingerprint density at radius 2 is 1.46 bits per heavy atom. The lowest BCUT2D eigenvalue weighted by molar-refractivity contribution is -0.119. The van der Waals surface area contributed by atoms with E-state index in [1.165, 1.54) is 22.3 Å². The Morgan fingerprint density at radius 3 is 1.98 bits per heavy atom. The number of rotatable bonds is 9. The molecule has 0 aliphatic carbocycles. The minimum atomic E-state index is -0.425. The van der Waals surface area contributed by atoms with E-state index in [0.717, 1.165) is 44.5 Å². The van der Waals surface area contributed by atoms with Gasteiger partial charge in [-0.05, 0) is 98.4 Å². The standard InChI is InChI=1S/C35H37Cl2N3O/c1-26-5-7-28(8-6-26)34(25-39-27(2)41)17-21-40(22-18-34)23-19-35(31-4-3-20-38-24-31,29-9-13-32(36)14-10-29)30-11-15-33(37)16-12-30/h3-16,20,24H,17-19,21-23,25H2,1-2H3,(H,39,41). The molecular weight excluding hydrogens is 549 g/mol. The van der Waals surface area contributed by atoms with Crippen molar-refractivity contribution in [3.63, 3.8) is 0 Å². The first-order chi connectivity index (χ1) is 19.8. The van der Waals surface area contributed by atoms with Crippen LogP contribution in [-0.4, -0.2) is 42.0 Å². The van der Waals surface area contributed by atoms with Crippen LogP contribution in [0, 0.1) is 6.92 Å². The van der Waals surface area contributed by atoms with E-state index in [4.69, 9.17) is 23.2 Å². The van der Waals surface area contributed by atoms with Gasteiger partial charge in [0, 0.05) is 46.7 Å². The molecule has 4 aromatic rings. The molecule has 2 heterocycles. The second-order valence-corrected chi connectivity index (χ2v) is 12.2. The van der Waals surface area contributed by atoms with Crippen LogP contribution in [0.3, 0.4) is 0 Å². The molecule has 0 saturated carbocycles. The number of carbonyl (C=O) groups excluding carboxylic acids is 1. The molecule has 4 nitrogen and oxygen atoms in total. The first kappa shape index (κ1) is 29.3. The molecule has 1 fully saturated rings. The third-order valence-electron chi connectivity index (χ3n) is 8.78. The fourth-order valence-corrected chi connectivity index (χ4v) is 6.57. The fraction of sp³-hybridized carbons (Fsp3) is 0.314. The number of benzene rings is 3. The van der Waals surface area contributed by atoms with Crippen LogP contribution in [0.25, 0.3) is 0 Å². The van der Waals surface area contributed by atoms with E-state index in [-0.39, 0.29) is 11.3 Å². The molecule has 1 amide bonds. The Kier molecular flexibility index (Phi) is 9.13. The van der Waals surface area contributed by atoms with Gasteiger partial charge in [-0.2, -0.15) is 0 Å². The van der Waals surface area contributed by atoms with Gasteiger partial charge in [0.25, 0.3) is 0 Å². The molecule has 6 heteroatoms. The van der Waals surface area contributed by atoms with Gasteiger partial charge < -0.3 is 10.2 Å². The average Bonchev–Trinajstić information content (AvgIpc) is 2.99. The number of aromatic nitrogens is 1. The SMILES string of the molecule is CC(=O)NCC1(c2ccc(C)cc2)CCN(CCC(c2ccc(Cl)cc2)(c2ccc(Cl)cc2)c2cccnc2)CC1. The van der Waals surface area contributed by atoms with Gasteiger partial charge in [0.05, 0.1) is 0 Å². The number of likely N-dealkylation sites (tertiary alicyclic amines) is 1. The zero-order chi connectivity index (χ0) is 28.9. The van der Waals surface area contributed by atoms with Crippen LogP contribution in [0.2, 0.25) is 10.0 Å². The molecule has 5 rings (SSSR count). The van der Waals surface area contributed by atoms with Gasteiger partial charge in [-0.15, -0.1) is 0 Å². The summed E-state index contributed by atoms with van der Waals surface area (Å²) in [6.45, 7) is 7.20. The minimum absolute atomic E-state index is 0.0195. The maximum atomic E-state index is 11.9. The Balaban J connectivity index is 1.45. The van der Waals surface area contributed by atoms with Gasteiger partial charge in [0.2, 0.25) is 5.91 Å². The van der Waals surface area contributed by atoms with Crippen LogP contribution in [0.5, 0.6) is 0 Å². The number of amides is 1. The van der Waals surface area contributed by atoms with Gasteiger partial charge in [-0.1, -0.05) is 83.4 Å². The number of aryl methyl sites for hydroxylation is 1. The van der Waals surface area contributed by atoms with Crippen molar-refractivity contribution in [1.29, 1.82) is 0 Å². The van der Waals surface area contributed by atoms with E-state index in [2.05, 4.69) is 76.7 Å². The third-order valence-corrected chi connectivity index (χ3v) is 9.29. The van der Waals surface area contributed by atoms with E-state index < -0.39 is 5.41 Å². The molecule has 0 bridgehead atoms. The van der Waals surface area contributed by atoms with Crippen molar-refractivity contribution in [3.8, 4) is 0 Å². The van der Waals surface area contributed by atoms with Gasteiger partial charge >= 0.3 is 0 Å². The summed E-state index contributed by atoms with van der Waals surface area (Å²) in [6, 6.07) is 29.4. The van der Waals surface area contributed by atoms with Crippen molar-refractivity contribution in [2.24, 2.45) is 0 Å². The predicted molar refractivity (Wildman–Crippen MR) is 169 cm³/mol. The third kappa shape index (κ3) is 6.51. The van der Waals surface area contributed by atoms with Gasteiger partial charge in [-0.3, -0.25) is 9.78 Å². The second kappa shape index (κ2) is 12.8. The molecule has 1 aromatic heterocycles. The van der Waals surface area contributed by atoms with Crippen LogP contribution in [0.1, 0.15) is 54.0 Å². The molecule has 1 aliphatic rings. The number of halogens is 2. The van der Waals surface area contributed by atoms with Crippen molar-refractivity contribution in [2.45, 2.75) is 43.9 Å². The molecular formula is C35H37Cl2N3O. The number of nitrogens with one attached hydrogen (secondary N) is 1. The van der Waals surface area contributed by atoms with Crippen LogP contribution in [0.15, 0.2) is 97.3 Å². The Hall–Kier alpha value is -3.18. The highest BCUT2D eigenvalue weighted by atomic mass is 35.5. The lowest BCUT2D eigenvalue weighted by Crippen LogP contribution is -2.49. The van der Waals surface area contributed by atoms with Crippen LogP contribution >= 0.6 is 23.2 Å². The van der Waals surface area contributed by atoms with Crippen molar-refractivity contribution in [3.05, 3.63) is 135 Å². The molecule has 1 saturated heterocycles. The summed E-state index contributed by atoms with van der Waals surface area (Å²) < 4.78 is 0. The van der Waals surface area contributed by atoms with Crippen molar-refractivity contribution >= 4 is 29.1 Å². The number of hydrogen-bond donors (Lipinski definition) is 1. The zero-order valence-corrected chi connectivity index (χ0v) is 25.3. The highest BCUT2D eigenvalue weighted by Gasteiger charge is 2.40. The van der Waals surface area contributed by atoms with Gasteiger partial charge in [0.1, 0.15) is 0 Å². The van der Waals surface area contributed by atoms with Crippen LogP contribution in [-0.2, 0) is 15.6 Å². The molecule has 3 aromatic carbocycles. The highest BCUT2D eigenvalue weighted by molar-refractivity contribution is 6.30. The summed E-state index contributed by atoms with van der Waals surface area (Å²) in [5, 5.41) is 4.56. The average molecular weight is 587 g/mol. The maximum absolute atomic E-state index is 11.9. The number of carbonyl (C=O) groups is 1. The Morgan fingerprint density at radius 1 is 0.878 bits per heavy atom. The Labute approximate surface area is 253 Å². The number of pyridine rings is 1. The summed E-state index contributed by atoms with van der Waals surface area (Å²) >= 11 is 12.7. The first-order valence-corrected chi connectivity index (χ1v) is 15.0. The summed E-state index contributed by atoms with van der Waals surface area (Å²) in [5.41, 5.74) is 5.55. The van der Waals surface area contributed by atoms with Crippen molar-refractivity contribution in [2.75, 3.05) is 26.2 Å². The lowest BCUT2D eigenvalue weighted by atomic mass is 9.67. The first-order valence-electron chi connectivity index (χ1n) is 14.3. The normalized spacial score (nSPS) is 15.4. The number of piperidine rings is 1. The molecule has 41 heavy (non-hydrogen) atoms. The highest BCUT2D eigenvalue weighted by Crippen LogP contribution is 2.43. The van der Waals surface area contributed by atoms with Gasteiger partial charge in [0.15, 0.2) is 0 Å². The monoisotopic (exact) mass is 585 g/mol. The molecule has 1 N–H and O–H groups in total. The summed E-state index contributed by atoms with van der Waals surface area (Å²) in [5.74, 6) is 0.0195. The fourth-order valence-electron chi connectivity index (χ4n) is 6.32. The van der Waals surface area contributed by atoms with E-state index in [0.29, 0.717) is 16.6 Å². The van der Waals surface area contributed by atoms with E-state index in [9.17, 15) is 4.79 Å². The minimum Gasteiger partial charge on any atom is -0.355 e. The van der Waals surface area contributed by atoms with Crippen molar-refractivity contribution < 1.29 is 4.79 Å². The molecule has 0 atom stereocenters. The number of nitrogens with zero attached hydrogens (tertiary/aromatic N) is 2. The smallest absolute Gasteiger partial charge is 0.216 e. The van der Waals surface area contributed by atoms with Crippen LogP contribution in [0.4, 0.5) is 0 Å². The van der Waals surface area contributed by atoms with E-state index in [1.54, 1.807) is 6.92 Å². The predicted octanol–water partition coefficient (Wildman–Crippen LogP) is 7.59. The molecule has 1 aliphatic heterocycles. The van der Waals surface area contributed by atoms with E-state index >= 15 is 0 Å². The van der Waals surface area contributed by atoms with E-state index in [1.807, 2.05) is 42.7 Å². The van der Waals surface area contributed by atoms with Crippen molar-refractivity contribution in [1.82, 2.24) is 15.2 Å². The molecule has 0 unspecified atom stereocenters. The van der Waals surface area contributed by atoms with Gasteiger partial charge in [-0.25, -0.2) is 0 Å². The second-order valence-electron chi connectivity index (χ2n) is 11.3. The quantitative estimate of drug-likeness (QED) is 0.220. The molecule has 0 spiro atoms. The molecule has 0 radical (unpaired) electrons. The number of hydrogen-bond acceptors (Lipinski definition) is 3.